The van der Waals surface area contributed by atoms with Crippen molar-refractivity contribution in [3.05, 3.63) is 36.1 Å². The van der Waals surface area contributed by atoms with Crippen LogP contribution in [-0.2, 0) is 0 Å². The first-order valence-corrected chi connectivity index (χ1v) is 4.59. The molecule has 0 amide bonds. The Morgan fingerprint density at radius 1 is 1.60 bits per heavy atom. The average molecular weight is 201 g/mol. The minimum atomic E-state index is 0.407. The number of aryl methyl sites for hydroxylation is 1. The summed E-state index contributed by atoms with van der Waals surface area (Å²) in [7, 11) is 0. The lowest BCUT2D eigenvalue weighted by Gasteiger charge is -2.05. The number of aromatic nitrogens is 3. The van der Waals surface area contributed by atoms with Gasteiger partial charge in [-0.3, -0.25) is 9.20 Å². The summed E-state index contributed by atoms with van der Waals surface area (Å²) >= 11 is 0. The minimum Gasteiger partial charge on any atom is -0.296 e. The van der Waals surface area contributed by atoms with Gasteiger partial charge in [0.05, 0.1) is 11.4 Å². The van der Waals surface area contributed by atoms with Crippen molar-refractivity contribution in [2.75, 3.05) is 0 Å². The van der Waals surface area contributed by atoms with Gasteiger partial charge in [0.25, 0.3) is 0 Å². The van der Waals surface area contributed by atoms with Gasteiger partial charge in [-0.1, -0.05) is 6.58 Å². The third-order valence-electron chi connectivity index (χ3n) is 2.26. The molecule has 0 aliphatic heterocycles. The third-order valence-corrected chi connectivity index (χ3v) is 2.26. The van der Waals surface area contributed by atoms with E-state index in [2.05, 4.69) is 16.5 Å². The van der Waals surface area contributed by atoms with E-state index in [-0.39, 0.29) is 0 Å². The summed E-state index contributed by atoms with van der Waals surface area (Å²) < 4.78 is 1.84. The highest BCUT2D eigenvalue weighted by molar-refractivity contribution is 5.76. The van der Waals surface area contributed by atoms with Gasteiger partial charge in [-0.05, 0) is 25.5 Å². The summed E-state index contributed by atoms with van der Waals surface area (Å²) in [5, 5.41) is 0. The second kappa shape index (κ2) is 3.31. The Labute approximate surface area is 87.3 Å². The summed E-state index contributed by atoms with van der Waals surface area (Å²) in [6, 6.07) is 1.71. The van der Waals surface area contributed by atoms with Crippen molar-refractivity contribution in [2.45, 2.75) is 13.8 Å². The molecule has 0 aromatic carbocycles. The molecule has 0 aliphatic rings. The predicted octanol–water partition coefficient (Wildman–Crippen LogP) is 1.88. The first-order valence-electron chi connectivity index (χ1n) is 4.59. The summed E-state index contributed by atoms with van der Waals surface area (Å²) in [6.07, 6.45) is 2.43. The van der Waals surface area contributed by atoms with E-state index in [1.807, 2.05) is 18.2 Å². The van der Waals surface area contributed by atoms with Crippen molar-refractivity contribution in [1.82, 2.24) is 14.4 Å². The molecule has 15 heavy (non-hydrogen) atoms. The molecule has 0 radical (unpaired) electrons. The molecule has 0 saturated heterocycles. The molecule has 0 unspecified atom stereocenters. The second-order valence-corrected chi connectivity index (χ2v) is 3.49. The van der Waals surface area contributed by atoms with Crippen LogP contribution in [0, 0.1) is 6.92 Å². The Kier molecular flexibility index (Phi) is 2.11. The molecule has 4 nitrogen and oxygen atoms in total. The van der Waals surface area contributed by atoms with Crippen LogP contribution < -0.4 is 0 Å². The van der Waals surface area contributed by atoms with Gasteiger partial charge in [0.2, 0.25) is 0 Å². The molecule has 76 valence electrons. The van der Waals surface area contributed by atoms with Crippen LogP contribution in [0.4, 0.5) is 0 Å². The number of rotatable bonds is 2. The molecule has 0 aliphatic carbocycles. The highest BCUT2D eigenvalue weighted by Gasteiger charge is 2.08. The van der Waals surface area contributed by atoms with Gasteiger partial charge < -0.3 is 0 Å². The molecule has 0 saturated carbocycles. The lowest BCUT2D eigenvalue weighted by Crippen LogP contribution is -1.99. The highest BCUT2D eigenvalue weighted by atomic mass is 16.1. The number of imidazole rings is 1. The van der Waals surface area contributed by atoms with E-state index in [9.17, 15) is 4.79 Å². The van der Waals surface area contributed by atoms with E-state index < -0.39 is 0 Å². The van der Waals surface area contributed by atoms with E-state index in [0.717, 1.165) is 23.2 Å². The van der Waals surface area contributed by atoms with E-state index in [4.69, 9.17) is 0 Å². The smallest absolute Gasteiger partial charge is 0.168 e. The number of hydrogen-bond donors (Lipinski definition) is 0. The van der Waals surface area contributed by atoms with E-state index in [1.54, 1.807) is 12.4 Å². The van der Waals surface area contributed by atoms with E-state index >= 15 is 0 Å². The van der Waals surface area contributed by atoms with Gasteiger partial charge in [-0.15, -0.1) is 0 Å². The Hall–Kier alpha value is -1.97. The Bertz CT molecular complexity index is 554. The van der Waals surface area contributed by atoms with Crippen molar-refractivity contribution in [3.8, 4) is 0 Å². The fourth-order valence-electron chi connectivity index (χ4n) is 1.50. The summed E-state index contributed by atoms with van der Waals surface area (Å²) in [4.78, 5) is 19.1. The Morgan fingerprint density at radius 3 is 2.93 bits per heavy atom. The zero-order valence-electron chi connectivity index (χ0n) is 8.69. The van der Waals surface area contributed by atoms with Gasteiger partial charge >= 0.3 is 0 Å². The SMILES string of the molecule is C=C(C)c1cc(C=O)nc2c(C)ncn12. The van der Waals surface area contributed by atoms with Crippen LogP contribution in [0.2, 0.25) is 0 Å². The van der Waals surface area contributed by atoms with E-state index in [1.165, 1.54) is 0 Å². The lowest BCUT2D eigenvalue weighted by molar-refractivity contribution is 0.111. The number of allylic oxidation sites excluding steroid dienone is 1. The number of carbonyl (C=O) groups is 1. The topological polar surface area (TPSA) is 47.3 Å². The normalized spacial score (nSPS) is 10.5. The monoisotopic (exact) mass is 201 g/mol. The maximum atomic E-state index is 10.7. The molecular weight excluding hydrogens is 190 g/mol. The van der Waals surface area contributed by atoms with Crippen molar-refractivity contribution < 1.29 is 4.79 Å². The van der Waals surface area contributed by atoms with Crippen molar-refractivity contribution >= 4 is 17.5 Å². The molecule has 2 heterocycles. The summed E-state index contributed by atoms with van der Waals surface area (Å²) in [5.41, 5.74) is 3.66. The molecule has 2 aromatic heterocycles. The van der Waals surface area contributed by atoms with Crippen LogP contribution in [0.3, 0.4) is 0 Å². The number of carbonyl (C=O) groups excluding carboxylic acids is 1. The zero-order chi connectivity index (χ0) is 11.0. The molecule has 2 aromatic rings. The first-order chi connectivity index (χ1) is 7.13. The fourth-order valence-corrected chi connectivity index (χ4v) is 1.50. The number of fused-ring (bicyclic) bond motifs is 1. The predicted molar refractivity (Wildman–Crippen MR) is 57.8 cm³/mol. The molecule has 0 atom stereocenters. The number of hydrogen-bond acceptors (Lipinski definition) is 3. The van der Waals surface area contributed by atoms with Crippen molar-refractivity contribution in [3.63, 3.8) is 0 Å². The number of nitrogens with zero attached hydrogens (tertiary/aromatic N) is 3. The van der Waals surface area contributed by atoms with Gasteiger partial charge in [-0.25, -0.2) is 9.97 Å². The Morgan fingerprint density at radius 2 is 2.33 bits per heavy atom. The minimum absolute atomic E-state index is 0.407. The van der Waals surface area contributed by atoms with Crippen LogP contribution in [0.15, 0.2) is 19.0 Å². The number of aldehydes is 1. The maximum Gasteiger partial charge on any atom is 0.168 e. The first kappa shape index (κ1) is 9.58. The van der Waals surface area contributed by atoms with Crippen LogP contribution in [-0.4, -0.2) is 20.7 Å². The molecule has 2 rings (SSSR count). The molecule has 0 N–H and O–H groups in total. The van der Waals surface area contributed by atoms with Gasteiger partial charge in [0, 0.05) is 0 Å². The van der Waals surface area contributed by atoms with Crippen LogP contribution in [0.5, 0.6) is 0 Å². The van der Waals surface area contributed by atoms with Gasteiger partial charge in [0.1, 0.15) is 12.0 Å². The molecular formula is C11H11N3O. The molecule has 4 heteroatoms. The largest absolute Gasteiger partial charge is 0.296 e. The highest BCUT2D eigenvalue weighted by Crippen LogP contribution is 2.16. The fraction of sp³-hybridized carbons (Fsp3) is 0.182. The molecule has 0 fully saturated rings. The lowest BCUT2D eigenvalue weighted by atomic mass is 10.2. The van der Waals surface area contributed by atoms with Crippen LogP contribution >= 0.6 is 0 Å². The quantitative estimate of drug-likeness (QED) is 0.697. The van der Waals surface area contributed by atoms with Crippen LogP contribution in [0.25, 0.3) is 11.2 Å². The summed E-state index contributed by atoms with van der Waals surface area (Å²) in [6.45, 7) is 7.62. The summed E-state index contributed by atoms with van der Waals surface area (Å²) in [5.74, 6) is 0. The third kappa shape index (κ3) is 1.44. The standard InChI is InChI=1S/C11H11N3O/c1-7(2)10-4-9(5-15)13-11-8(3)12-6-14(10)11/h4-6H,1H2,2-3H3. The van der Waals surface area contributed by atoms with Crippen LogP contribution in [0.1, 0.15) is 28.8 Å². The average Bonchev–Trinajstić information content (AvgIpc) is 2.59. The Balaban J connectivity index is 2.88. The second-order valence-electron chi connectivity index (χ2n) is 3.49. The van der Waals surface area contributed by atoms with Gasteiger partial charge in [-0.2, -0.15) is 0 Å². The maximum absolute atomic E-state index is 10.7. The molecule has 0 spiro atoms. The van der Waals surface area contributed by atoms with Crippen molar-refractivity contribution in [1.29, 1.82) is 0 Å². The molecule has 0 bridgehead atoms. The van der Waals surface area contributed by atoms with E-state index in [0.29, 0.717) is 11.3 Å². The van der Waals surface area contributed by atoms with Gasteiger partial charge in [0.15, 0.2) is 11.9 Å². The zero-order valence-corrected chi connectivity index (χ0v) is 8.69. The van der Waals surface area contributed by atoms with Crippen molar-refractivity contribution in [2.24, 2.45) is 0 Å².